The van der Waals surface area contributed by atoms with Gasteiger partial charge in [0.1, 0.15) is 64.8 Å². The van der Waals surface area contributed by atoms with Crippen molar-refractivity contribution in [2.45, 2.75) is 329 Å². The molecule has 1 unspecified atom stereocenters. The molecule has 7 aliphatic rings. The molecule has 131 heavy (non-hydrogen) atoms. The van der Waals surface area contributed by atoms with Gasteiger partial charge < -0.3 is 60.6 Å². The first kappa shape index (κ1) is 114. The van der Waals surface area contributed by atoms with Gasteiger partial charge in [-0.05, 0) is 334 Å². The first-order chi connectivity index (χ1) is 61.3. The van der Waals surface area contributed by atoms with Crippen LogP contribution in [0.1, 0.15) is 259 Å². The van der Waals surface area contributed by atoms with Crippen molar-refractivity contribution < 1.29 is 66.1 Å². The van der Waals surface area contributed by atoms with E-state index in [4.69, 9.17) is 25.1 Å². The molecule has 3 saturated heterocycles. The number of anilines is 3. The Morgan fingerprint density at radius 1 is 0.626 bits per heavy atom. The standard InChI is InChI=1S/C27H40BrN3O3.C25H35BrN4O3.C18H30BrN3.C14H22BrN3.C8H11NO2.C5H10O2.C2HF3O/c1-7-9-10-11-14-30(6)18-19-12-13-24(28)29-20(19)15-22(32)21-16-27(8-2)17-23(27)31(21)25(33)34-26(3,4)5;1-24(2,3)33-23(32)30-18-14-25(15-19(25)30)12-8-6-5-7-9-13-29(4)16-17-10-11-20(26)27-21(17)28-22(18)31;1-6-7-8-9-10-13-22(5)14-15-11-12-16(19)20-17(15)21-18(2,3)4;1-3-4-5-6-7-10-18(2)11-12-8-9-13(15)17-14(12)16;1-2-8-3-5(7(10)11)9-6(8)4-8;1-5(2,3)7-4-6;3-2(4,5)1-6/h8,12-13,21,23H,2,7,9-11,14-18H2,1,3-6H3;8,10-12,18-19H,5-7,9,13-16H2,1-4H3,(H,27,28,31);6,11-12H,1,7-10,13-14H2,2-5H3,(H,20,21);3,8-9H,1,4-7,10-11H2,2H3,(H2,16,17);2,5-6,9H,1,3-4H2,(H,10,11);4H,1-3H3;1H/t21?,23-,27+;18-,19+,25-;;;5-,6+,8-;;/m10..0../s1. The van der Waals surface area contributed by atoms with Gasteiger partial charge in [-0.25, -0.2) is 29.5 Å². The van der Waals surface area contributed by atoms with Gasteiger partial charge in [0.15, 0.2) is 5.78 Å². The third-order valence-electron chi connectivity index (χ3n) is 23.2. The molecule has 4 aromatic rings. The molecule has 0 aromatic carbocycles. The van der Waals surface area contributed by atoms with Crippen LogP contribution < -0.4 is 21.7 Å². The molecule has 4 aliphatic heterocycles. The Balaban J connectivity index is 0.000000290. The molecule has 0 radical (unpaired) electrons. The Morgan fingerprint density at radius 2 is 1.15 bits per heavy atom. The highest BCUT2D eigenvalue weighted by Crippen LogP contribution is 2.62. The Bertz CT molecular complexity index is 4420. The van der Waals surface area contributed by atoms with E-state index in [0.29, 0.717) is 52.7 Å². The van der Waals surface area contributed by atoms with E-state index in [1.54, 1.807) is 9.80 Å². The minimum atomic E-state index is -4.64. The normalized spacial score (nSPS) is 21.8. The van der Waals surface area contributed by atoms with Gasteiger partial charge in [0.2, 0.25) is 12.2 Å². The number of nitrogens with zero attached hydrogens (tertiary/aromatic N) is 10. The number of aromatic nitrogens is 4. The van der Waals surface area contributed by atoms with Gasteiger partial charge in [-0.15, -0.1) is 26.3 Å². The van der Waals surface area contributed by atoms with Crippen LogP contribution in [0, 0.1) is 16.2 Å². The van der Waals surface area contributed by atoms with E-state index in [1.807, 2.05) is 129 Å². The zero-order valence-corrected chi connectivity index (χ0v) is 87.0. The summed E-state index contributed by atoms with van der Waals surface area (Å²) in [4.78, 5) is 113. The number of hydrogen-bond donors (Lipinski definition) is 5. The SMILES string of the molecule is C=CCCCCCN(C)Cc1ccc(Br)nc1N.C=CCCCCCN(C)Cc1ccc(Br)nc1NC(C)(C)C.C=C[C@@]12CC(C(=O)Cc3nc(Br)ccc3CN(C)CCCCCC)N(C(=O)OC(C)(C)C)[C@@H]1C2.C=C[C@@]12C[C@@H](C(=O)O)N[C@@H]1C2.CC(C)(C)OC=O.CN1CCCCCC=C[C@@]23C[C@@H](C(=O)Nc4nc(Br)ccc4C1)N(C(=O)OC(C)(C)C)[C@@H]2C3.O=CC(F)(F)F. The van der Waals surface area contributed by atoms with Crippen LogP contribution in [-0.4, -0.2) is 216 Å². The monoisotopic (exact) mass is 2080 g/mol. The van der Waals surface area contributed by atoms with Crippen molar-refractivity contribution in [2.24, 2.45) is 16.2 Å². The van der Waals surface area contributed by atoms with Crippen LogP contribution in [0.15, 0.2) is 130 Å². The second-order valence-corrected chi connectivity index (χ2v) is 42.8. The maximum atomic E-state index is 13.6. The Morgan fingerprint density at radius 3 is 1.64 bits per heavy atom. The number of likely N-dealkylation sites (tertiary alicyclic amines) is 2. The van der Waals surface area contributed by atoms with Gasteiger partial charge in [0.05, 0.1) is 18.2 Å². The second kappa shape index (κ2) is 53.3. The minimum Gasteiger partial charge on any atom is -0.480 e. The van der Waals surface area contributed by atoms with Gasteiger partial charge in [0.25, 0.3) is 6.47 Å². The van der Waals surface area contributed by atoms with Crippen LogP contribution >= 0.6 is 63.7 Å². The molecule has 6 N–H and O–H groups in total. The fourth-order valence-electron chi connectivity index (χ4n) is 16.2. The number of hydrogen-bond acceptors (Lipinski definition) is 21. The number of piperidine rings is 3. The third kappa shape index (κ3) is 40.7. The zero-order chi connectivity index (χ0) is 98.0. The van der Waals surface area contributed by atoms with Crippen LogP contribution in [0.2, 0.25) is 0 Å². The van der Waals surface area contributed by atoms with Crippen LogP contribution in [0.25, 0.3) is 0 Å². The second-order valence-electron chi connectivity index (χ2n) is 39.5. The van der Waals surface area contributed by atoms with Crippen molar-refractivity contribution in [3.8, 4) is 0 Å². The number of alkyl halides is 3. The summed E-state index contributed by atoms with van der Waals surface area (Å²) in [6.07, 6.45) is 29.8. The van der Waals surface area contributed by atoms with Crippen molar-refractivity contribution in [3.05, 3.63) is 158 Å². The first-order valence-electron chi connectivity index (χ1n) is 45.9. The van der Waals surface area contributed by atoms with E-state index in [1.165, 1.54) is 76.2 Å². The lowest BCUT2D eigenvalue weighted by Gasteiger charge is -2.30. The van der Waals surface area contributed by atoms with E-state index >= 15 is 0 Å². The molecule has 730 valence electrons. The van der Waals surface area contributed by atoms with Gasteiger partial charge in [-0.3, -0.25) is 33.8 Å². The number of ether oxygens (including phenoxy) is 3. The van der Waals surface area contributed by atoms with Crippen LogP contribution in [0.5, 0.6) is 0 Å². The number of aliphatic carboxylic acids is 1. The van der Waals surface area contributed by atoms with Crippen molar-refractivity contribution in [1.82, 2.24) is 54.7 Å². The molecular formula is C99H149Br4F3N14O11. The summed E-state index contributed by atoms with van der Waals surface area (Å²) in [6.45, 7) is 48.3. The third-order valence-corrected chi connectivity index (χ3v) is 24.9. The number of carboxylic acids is 1. The molecule has 25 nitrogen and oxygen atoms in total. The summed E-state index contributed by atoms with van der Waals surface area (Å²) in [7, 11) is 8.50. The molecule has 2 bridgehead atoms. The summed E-state index contributed by atoms with van der Waals surface area (Å²) in [5.41, 5.74) is 9.31. The lowest BCUT2D eigenvalue weighted by Crippen LogP contribution is -2.47. The number of carboxylic acid groups (broad SMARTS) is 1. The molecule has 3 aliphatic carbocycles. The van der Waals surface area contributed by atoms with E-state index < -0.39 is 53.9 Å². The first-order valence-corrected chi connectivity index (χ1v) is 49.0. The molecule has 32 heteroatoms. The Hall–Kier alpha value is -7.30. The fourth-order valence-corrected chi connectivity index (χ4v) is 17.4. The number of nitrogen functional groups attached to an aromatic ring is 1. The van der Waals surface area contributed by atoms with E-state index in [0.717, 1.165) is 141 Å². The molecule has 11 rings (SSSR count). The molecule has 1 spiro atoms. The minimum absolute atomic E-state index is 0.00186. The number of carbonyl (C=O) groups excluding carboxylic acids is 6. The van der Waals surface area contributed by atoms with Gasteiger partial charge in [-0.1, -0.05) is 106 Å². The fraction of sp³-hybridized carbons (Fsp3) is 0.626. The topological polar surface area (TPSA) is 301 Å². The van der Waals surface area contributed by atoms with Gasteiger partial charge in [0, 0.05) is 82.8 Å². The number of rotatable bonds is 31. The zero-order valence-electron chi connectivity index (χ0n) is 80.7. The number of allylic oxidation sites excluding steroid dienone is 3. The Labute approximate surface area is 812 Å². The lowest BCUT2D eigenvalue weighted by atomic mass is 9.95. The van der Waals surface area contributed by atoms with Crippen molar-refractivity contribution in [1.29, 1.82) is 0 Å². The maximum Gasteiger partial charge on any atom is 0.446 e. The predicted octanol–water partition coefficient (Wildman–Crippen LogP) is 22.0. The van der Waals surface area contributed by atoms with E-state index in [9.17, 15) is 41.9 Å². The number of unbranched alkanes of at least 4 members (excludes halogenated alkanes) is 9. The van der Waals surface area contributed by atoms with Crippen LogP contribution in [-0.2, 0) is 70.8 Å². The Kier molecular flexibility index (Phi) is 46.4. The lowest BCUT2D eigenvalue weighted by molar-refractivity contribution is -0.156. The van der Waals surface area contributed by atoms with Gasteiger partial charge >= 0.3 is 24.3 Å². The largest absolute Gasteiger partial charge is 0.480 e. The summed E-state index contributed by atoms with van der Waals surface area (Å²) in [5.74, 6) is 1.20. The highest BCUT2D eigenvalue weighted by atomic mass is 79.9. The number of nitrogens with one attached hydrogen (secondary N) is 3. The van der Waals surface area contributed by atoms with Crippen LogP contribution in [0.4, 0.5) is 40.2 Å². The van der Waals surface area contributed by atoms with E-state index in [-0.39, 0.29) is 63.6 Å². The number of Topliss-reactive ketones (excluding diaryl/α,β-unsaturated/α-hetero) is 1. The number of nitrogens with two attached hydrogens (primary N) is 1. The van der Waals surface area contributed by atoms with Crippen molar-refractivity contribution in [3.63, 3.8) is 0 Å². The molecule has 6 fully saturated rings. The smallest absolute Gasteiger partial charge is 0.446 e. The van der Waals surface area contributed by atoms with Crippen molar-refractivity contribution >= 4 is 124 Å². The number of amides is 3. The van der Waals surface area contributed by atoms with Gasteiger partial charge in [-0.2, -0.15) is 13.2 Å². The number of fused-ring (bicyclic) bond motifs is 4. The summed E-state index contributed by atoms with van der Waals surface area (Å²) in [5, 5.41) is 18.3. The molecule has 3 amide bonds. The summed E-state index contributed by atoms with van der Waals surface area (Å²) in [6, 6.07) is 15.0. The average molecular weight is 2090 g/mol. The highest BCUT2D eigenvalue weighted by Gasteiger charge is 2.68. The molecule has 4 aromatic heterocycles. The summed E-state index contributed by atoms with van der Waals surface area (Å²) < 4.78 is 50.2. The predicted molar refractivity (Wildman–Crippen MR) is 531 cm³/mol. The number of halogens is 7. The number of ketones is 1. The van der Waals surface area contributed by atoms with E-state index in [2.05, 4.69) is 224 Å². The quantitative estimate of drug-likeness (QED) is 0.0103. The maximum absolute atomic E-state index is 13.6. The molecule has 3 saturated carbocycles. The van der Waals surface area contributed by atoms with Crippen molar-refractivity contribution in [2.75, 3.05) is 70.7 Å². The number of carbonyl (C=O) groups is 7. The van der Waals surface area contributed by atoms with Crippen LogP contribution in [0.3, 0.4) is 0 Å². The highest BCUT2D eigenvalue weighted by molar-refractivity contribution is 9.11. The average Bonchev–Trinajstić information content (AvgIpc) is 1.54. The summed E-state index contributed by atoms with van der Waals surface area (Å²) >= 11 is 13.7. The number of pyridine rings is 4. The molecule has 8 heterocycles. The number of aldehydes is 1. The molecular weight excluding hydrogens is 1940 g/mol. The molecule has 9 atom stereocenters.